The first-order valence-corrected chi connectivity index (χ1v) is 49.9. The molecule has 30 nitrogen and oxygen atoms in total. The van der Waals surface area contributed by atoms with Crippen LogP contribution in [-0.4, -0.2) is 213 Å². The predicted octanol–water partition coefficient (Wildman–Crippen LogP) is 17.4. The Morgan fingerprint density at radius 1 is 0.378 bits per heavy atom. The molecule has 10 fully saturated rings. The van der Waals surface area contributed by atoms with Crippen LogP contribution in [0.1, 0.15) is 255 Å². The minimum atomic E-state index is -3.37. The van der Waals surface area contributed by atoms with Crippen LogP contribution in [0.2, 0.25) is 0 Å². The van der Waals surface area contributed by atoms with Gasteiger partial charge in [-0.1, -0.05) is 120 Å². The maximum Gasteiger partial charge on any atom is 0.408 e. The maximum atomic E-state index is 16.9. The van der Waals surface area contributed by atoms with Gasteiger partial charge in [-0.2, -0.15) is 26.3 Å². The van der Waals surface area contributed by atoms with Crippen LogP contribution < -0.4 is 44.4 Å². The Kier molecular flexibility index (Phi) is 31.9. The Hall–Kier alpha value is -8.96. The van der Waals surface area contributed by atoms with Gasteiger partial charge in [-0.15, -0.1) is 0 Å². The van der Waals surface area contributed by atoms with E-state index in [-0.39, 0.29) is 152 Å². The summed E-state index contributed by atoms with van der Waals surface area (Å²) in [6.45, 7) is 23.1. The van der Waals surface area contributed by atoms with Crippen LogP contribution in [0.3, 0.4) is 0 Å². The molecule has 9 heterocycles. The Morgan fingerprint density at radius 2 is 0.706 bits per heavy atom. The molecular weight excluding hydrogens is 1970 g/mol. The number of hydrogen-bond acceptors (Lipinski definition) is 24. The summed E-state index contributed by atoms with van der Waals surface area (Å²) in [5.74, 6) is -11.9. The molecule has 3 aromatic heterocycles. The van der Waals surface area contributed by atoms with Crippen molar-refractivity contribution in [3.63, 3.8) is 0 Å². The number of amides is 6. The van der Waals surface area contributed by atoms with E-state index in [0.29, 0.717) is 142 Å². The van der Waals surface area contributed by atoms with E-state index in [1.807, 2.05) is 88.1 Å². The third-order valence-electron chi connectivity index (χ3n) is 33.2. The van der Waals surface area contributed by atoms with Gasteiger partial charge in [0.05, 0.1) is 74.1 Å². The van der Waals surface area contributed by atoms with Gasteiger partial charge >= 0.3 is 36.0 Å². The molecule has 775 valence electrons. The van der Waals surface area contributed by atoms with E-state index in [4.69, 9.17) is 42.6 Å². The number of nitrogens with zero attached hydrogens (tertiary/aromatic N) is 9. The Morgan fingerprint density at radius 3 is 1.05 bits per heavy atom. The smallest absolute Gasteiger partial charge is 0.408 e. The van der Waals surface area contributed by atoms with Gasteiger partial charge in [-0.05, 0) is 235 Å². The van der Waals surface area contributed by atoms with Crippen molar-refractivity contribution in [2.45, 2.75) is 328 Å². The predicted molar refractivity (Wildman–Crippen MR) is 500 cm³/mol. The molecule has 20 atom stereocenters. The molecule has 3 saturated heterocycles. The minimum Gasteiger partial charge on any atom is -0.540 e. The minimum absolute atomic E-state index is 0. The molecule has 2 unspecified atom stereocenters. The third-order valence-corrected chi connectivity index (χ3v) is 33.2. The number of carbonyl (C=O) groups excluding carboxylic acids is 9. The van der Waals surface area contributed by atoms with Crippen molar-refractivity contribution in [2.24, 2.45) is 79.8 Å². The summed E-state index contributed by atoms with van der Waals surface area (Å²) in [6.07, 6.45) is 13.5. The first-order chi connectivity index (χ1) is 66.2. The zero-order valence-corrected chi connectivity index (χ0v) is 88.2. The number of alkyl halides is 6. The molecule has 7 saturated carbocycles. The number of alkyl carbamates (subject to hydrolysis) is 3. The molecule has 6 aliphatic heterocycles. The van der Waals surface area contributed by atoms with Gasteiger partial charge < -0.3 is 87.7 Å². The summed E-state index contributed by atoms with van der Waals surface area (Å²) < 4.78 is 154. The number of nitrogens with one attached hydrogen (secondary N) is 3. The van der Waals surface area contributed by atoms with Gasteiger partial charge in [-0.3, -0.25) is 14.4 Å². The number of fused-ring (bicyclic) bond motifs is 17. The number of halogens is 6. The van der Waals surface area contributed by atoms with Crippen molar-refractivity contribution in [2.75, 3.05) is 41.0 Å². The molecule has 13 aliphatic rings. The van der Waals surface area contributed by atoms with E-state index >= 15 is 26.3 Å². The zero-order chi connectivity index (χ0) is 100. The van der Waals surface area contributed by atoms with Crippen molar-refractivity contribution in [3.8, 4) is 34.9 Å². The second kappa shape index (κ2) is 41.6. The largest absolute Gasteiger partial charge is 0.540 e. The average molecular weight is 2100 g/mol. The topological polar surface area (TPSA) is 360 Å². The van der Waals surface area contributed by atoms with Gasteiger partial charge in [0.1, 0.15) is 71.5 Å². The molecule has 39 heteroatoms. The van der Waals surface area contributed by atoms with Gasteiger partial charge in [-0.25, -0.2) is 63.1 Å². The van der Waals surface area contributed by atoms with Crippen LogP contribution in [0.5, 0.6) is 34.9 Å². The van der Waals surface area contributed by atoms with Crippen molar-refractivity contribution < 1.29 is 168 Å². The normalized spacial score (nSPS) is 32.0. The first kappa shape index (κ1) is 110. The molecule has 6 aromatic rings. The summed E-state index contributed by atoms with van der Waals surface area (Å²) in [4.78, 5) is 150. The number of carbonyl (C=O) groups is 6. The van der Waals surface area contributed by atoms with Crippen LogP contribution in [0.25, 0.3) is 33.1 Å². The molecule has 3 aromatic carbocycles. The summed E-state index contributed by atoms with van der Waals surface area (Å²) in [7, 11) is 4.50. The number of ether oxygens (including phenoxy) is 9. The second-order valence-corrected chi connectivity index (χ2v) is 45.4. The van der Waals surface area contributed by atoms with Crippen LogP contribution in [0.15, 0.2) is 54.6 Å². The maximum absolute atomic E-state index is 16.9. The molecule has 143 heavy (non-hydrogen) atoms. The van der Waals surface area contributed by atoms with Crippen molar-refractivity contribution >= 4 is 88.0 Å². The average Bonchev–Trinajstić information content (AvgIpc) is 1.58. The van der Waals surface area contributed by atoms with E-state index in [1.165, 1.54) is 36.0 Å². The van der Waals surface area contributed by atoms with Crippen LogP contribution in [0, 0.1) is 79.8 Å². The number of hydrogen-bond donors (Lipinski definition) is 3. The van der Waals surface area contributed by atoms with Crippen LogP contribution >= 0.6 is 0 Å². The first-order valence-electron chi connectivity index (χ1n) is 49.9. The summed E-state index contributed by atoms with van der Waals surface area (Å²) in [5.41, 5.74) is -6.68. The summed E-state index contributed by atoms with van der Waals surface area (Å²) in [5, 5.41) is 8.42. The fourth-order valence-corrected chi connectivity index (χ4v) is 23.7. The molecule has 7 aliphatic carbocycles. The van der Waals surface area contributed by atoms with Gasteiger partial charge in [0, 0.05) is 90.1 Å². The van der Waals surface area contributed by atoms with Gasteiger partial charge in [0.25, 0.3) is 0 Å². The summed E-state index contributed by atoms with van der Waals surface area (Å²) in [6, 6.07) is 8.38. The molecule has 3 N–H and O–H groups in total. The molecule has 6 bridgehead atoms. The van der Waals surface area contributed by atoms with Crippen LogP contribution in [0.4, 0.5) is 40.7 Å². The van der Waals surface area contributed by atoms with E-state index in [2.05, 4.69) is 45.9 Å². The van der Waals surface area contributed by atoms with Crippen molar-refractivity contribution in [1.29, 1.82) is 0 Å². The van der Waals surface area contributed by atoms with E-state index in [0.717, 1.165) is 38.5 Å². The van der Waals surface area contributed by atoms with E-state index in [1.54, 1.807) is 75.4 Å². The van der Waals surface area contributed by atoms with E-state index in [9.17, 15) is 43.2 Å². The molecular formula is C104H131F6N12O18V3-3. The molecule has 3 spiro atoms. The zero-order valence-electron chi connectivity index (χ0n) is 84.0. The Balaban J connectivity index is 0.000000168. The van der Waals surface area contributed by atoms with E-state index < -0.39 is 181 Å². The molecule has 6 amide bonds. The monoisotopic (exact) mass is 2100 g/mol. The fourth-order valence-electron chi connectivity index (χ4n) is 23.7. The fraction of sp³-hybridized carbons (Fsp3) is 0.683. The SMILES string of the molecule is COc1ccc2nc3c(nc2c1)O[C@H]1CN(C(=O)[C@H](C(C)(C)C)NC(=O)O[C@@H]2CC4CC4[C@H]2CCCC2(CC2)C3(F)F)[C@H]([C-]=O)[C@@H]1C.COc1ccc2nc3c(nc2c1)O[C@H]1CN(C(=O)[C@H](C(C)(C)C)NC(=O)O[C@@H]2CCC[C@H]2CCCC2(CC2)C3(F)F)[C@H]([C-]=O)[C@@H]1C.COc1ccc2nc3c(nc2c1)O[C@H]1CN(C(=O)[C@H](C(C)(C)C)NC(=O)O[C@]2(C)CCC[C@H]2CCCC2(CC2)C3(F)F)[C@H]([C-]=O)[C@@H]1C.[V].[V].[V]. The third kappa shape index (κ3) is 21.4. The molecule has 3 radical (unpaired) electrons. The number of aromatic nitrogens is 6. The van der Waals surface area contributed by atoms with Gasteiger partial charge in [0.2, 0.25) is 35.4 Å². The van der Waals surface area contributed by atoms with Crippen molar-refractivity contribution in [3.05, 3.63) is 71.7 Å². The summed E-state index contributed by atoms with van der Waals surface area (Å²) >= 11 is 0. The standard InChI is InChI=1S/C35H43F2N4O6.C35H45F2N4O6.C34H43F2N4O6.3V/c1-18-25(17-42)41-16-27(18)46-30-28(38-23-9-8-20(45-5)15-24(23)39-30)35(36,37)34(11-12-34)10-6-7-21-22-13-19(22)14-26(21)47-32(44)40-29(31(41)43)33(2,3)4;1-20-25(19-42)41-18-26(20)46-29-27(38-23-12-11-22(45-6)17-24(23)39-29)35(36,37)34(15-16-34)14-8-10-21-9-7-13-33(21,5)47-31(44)40-28(30(41)43)32(2,3)4;1-19-24(18-41)40-17-26(19)45-29-27(37-22-12-11-21(44-5)16-23(22)38-29)34(35,36)33(14-15-33)13-7-9-20-8-6-10-25(20)46-31(43)39-28(30(40)42)32(2,3)4;;;/h8-9,15,18-19,21-22,25-27,29H,6-7,10-14,16H2,1-5H3,(H,40,44);11-12,17,20-21,25-26,28H,7-10,13-16,18H2,1-6H3,(H,40,44);11-12,16,19-20,24-26,28H,6-10,13-15,17H2,1-5H3,(H,39,43);;;/q3*-1;;;/t18-,19?,21+,22?,25+,26+,27-,29+;20-,21-,25+,26-,28+,33+;19-,20-,24+,25+,26-,28+;;;/m000.../s1. The number of benzene rings is 3. The van der Waals surface area contributed by atoms with Gasteiger partial charge in [0.15, 0.2) is 17.1 Å². The Labute approximate surface area is 865 Å². The van der Waals surface area contributed by atoms with Crippen LogP contribution in [-0.2, 0) is 116 Å². The van der Waals surface area contributed by atoms with Crippen molar-refractivity contribution in [1.82, 2.24) is 60.6 Å². The number of methoxy groups -OCH3 is 3. The molecule has 19 rings (SSSR count). The second-order valence-electron chi connectivity index (χ2n) is 45.4. The number of rotatable bonds is 6. The Bertz CT molecular complexity index is 5640. The quantitative estimate of drug-likeness (QED) is 0.0792.